The molecule has 1 fully saturated rings. The third-order valence-corrected chi connectivity index (χ3v) is 2.70. The first kappa shape index (κ1) is 11.0. The van der Waals surface area contributed by atoms with Gasteiger partial charge in [-0.2, -0.15) is 0 Å². The van der Waals surface area contributed by atoms with Crippen molar-refractivity contribution >= 4 is 11.9 Å². The van der Waals surface area contributed by atoms with E-state index in [1.54, 1.807) is 0 Å². The Morgan fingerprint density at radius 1 is 1.29 bits per heavy atom. The van der Waals surface area contributed by atoms with Gasteiger partial charge in [-0.05, 0) is 19.3 Å². The number of nitrogens with two attached hydrogens (primary N) is 1. The maximum Gasteiger partial charge on any atom is 0.323 e. The van der Waals surface area contributed by atoms with E-state index in [-0.39, 0.29) is 6.04 Å². The van der Waals surface area contributed by atoms with Crippen LogP contribution in [0.4, 0.5) is 0 Å². The van der Waals surface area contributed by atoms with Crippen LogP contribution in [-0.4, -0.2) is 32.2 Å². The summed E-state index contributed by atoms with van der Waals surface area (Å²) in [6.07, 6.45) is 1.37. The molecule has 0 spiro atoms. The summed E-state index contributed by atoms with van der Waals surface area (Å²) < 4.78 is 9.23. The molecule has 1 saturated carbocycles. The lowest BCUT2D eigenvalue weighted by Crippen LogP contribution is -2.40. The molecule has 0 amide bonds. The van der Waals surface area contributed by atoms with Crippen LogP contribution < -0.4 is 5.73 Å². The van der Waals surface area contributed by atoms with Crippen LogP contribution in [-0.2, 0) is 19.1 Å². The molecule has 14 heavy (non-hydrogen) atoms. The molecule has 0 heterocycles. The van der Waals surface area contributed by atoms with Crippen molar-refractivity contribution in [2.45, 2.75) is 25.3 Å². The predicted octanol–water partition coefficient (Wildman–Crippen LogP) is -0.170. The van der Waals surface area contributed by atoms with E-state index in [1.807, 2.05) is 0 Å². The summed E-state index contributed by atoms with van der Waals surface area (Å²) >= 11 is 0. The Morgan fingerprint density at radius 3 is 2.07 bits per heavy atom. The molecule has 0 unspecified atom stereocenters. The topological polar surface area (TPSA) is 78.6 Å². The summed E-state index contributed by atoms with van der Waals surface area (Å²) in [5, 5.41) is 0. The summed E-state index contributed by atoms with van der Waals surface area (Å²) in [6, 6.07) is -0.131. The molecule has 80 valence electrons. The van der Waals surface area contributed by atoms with Gasteiger partial charge in [0.05, 0.1) is 14.2 Å². The molecule has 0 saturated heterocycles. The highest BCUT2D eigenvalue weighted by Crippen LogP contribution is 2.39. The van der Waals surface area contributed by atoms with Crippen molar-refractivity contribution < 1.29 is 19.1 Å². The average molecular weight is 201 g/mol. The fraction of sp³-hybridized carbons (Fsp3) is 0.778. The average Bonchev–Trinajstić information content (AvgIpc) is 2.59. The van der Waals surface area contributed by atoms with Gasteiger partial charge < -0.3 is 15.2 Å². The van der Waals surface area contributed by atoms with Crippen LogP contribution in [0.1, 0.15) is 19.3 Å². The van der Waals surface area contributed by atoms with Crippen LogP contribution in [0.5, 0.6) is 0 Å². The van der Waals surface area contributed by atoms with E-state index in [0.29, 0.717) is 19.3 Å². The Bertz CT molecular complexity index is 235. The number of carbonyl (C=O) groups excluding carboxylic acids is 2. The minimum absolute atomic E-state index is 0.131. The first-order valence-corrected chi connectivity index (χ1v) is 4.49. The van der Waals surface area contributed by atoms with E-state index in [9.17, 15) is 9.59 Å². The van der Waals surface area contributed by atoms with Crippen molar-refractivity contribution in [2.24, 2.45) is 11.1 Å². The Balaban J connectivity index is 2.91. The largest absolute Gasteiger partial charge is 0.468 e. The van der Waals surface area contributed by atoms with Gasteiger partial charge in [0.25, 0.3) is 0 Å². The summed E-state index contributed by atoms with van der Waals surface area (Å²) in [4.78, 5) is 23.0. The normalized spacial score (nSPS) is 24.4. The molecule has 2 N–H and O–H groups in total. The van der Waals surface area contributed by atoms with Gasteiger partial charge in [0.2, 0.25) is 0 Å². The SMILES string of the molecule is COC(=O)C1(C(=O)OC)CC[C@H](N)C1. The molecule has 5 nitrogen and oxygen atoms in total. The summed E-state index contributed by atoms with van der Waals surface area (Å²) in [5.41, 5.74) is 4.52. The van der Waals surface area contributed by atoms with Crippen LogP contribution in [0, 0.1) is 5.41 Å². The predicted molar refractivity (Wildman–Crippen MR) is 48.3 cm³/mol. The van der Waals surface area contributed by atoms with Crippen LogP contribution in [0.15, 0.2) is 0 Å². The zero-order chi connectivity index (χ0) is 10.8. The van der Waals surface area contributed by atoms with E-state index in [1.165, 1.54) is 14.2 Å². The number of methoxy groups -OCH3 is 2. The highest BCUT2D eigenvalue weighted by molar-refractivity contribution is 6.00. The molecule has 1 aliphatic rings. The number of esters is 2. The molecule has 0 aromatic heterocycles. The molecule has 1 atom stereocenters. The van der Waals surface area contributed by atoms with Crippen molar-refractivity contribution in [3.8, 4) is 0 Å². The smallest absolute Gasteiger partial charge is 0.323 e. The Kier molecular flexibility index (Phi) is 3.10. The van der Waals surface area contributed by atoms with Gasteiger partial charge >= 0.3 is 11.9 Å². The first-order valence-electron chi connectivity index (χ1n) is 4.49. The van der Waals surface area contributed by atoms with Crippen LogP contribution in [0.2, 0.25) is 0 Å². The molecule has 0 radical (unpaired) electrons. The number of ether oxygens (including phenoxy) is 2. The van der Waals surface area contributed by atoms with Crippen molar-refractivity contribution in [3.63, 3.8) is 0 Å². The molecule has 1 rings (SSSR count). The lowest BCUT2D eigenvalue weighted by Gasteiger charge is -2.22. The van der Waals surface area contributed by atoms with Crippen LogP contribution >= 0.6 is 0 Å². The van der Waals surface area contributed by atoms with Crippen LogP contribution in [0.3, 0.4) is 0 Å². The zero-order valence-electron chi connectivity index (χ0n) is 8.41. The second-order valence-electron chi connectivity index (χ2n) is 3.57. The fourth-order valence-electron chi connectivity index (χ4n) is 1.93. The Labute approximate surface area is 82.5 Å². The molecule has 1 aliphatic carbocycles. The quantitative estimate of drug-likeness (QED) is 0.495. The van der Waals surface area contributed by atoms with E-state index < -0.39 is 17.4 Å². The lowest BCUT2D eigenvalue weighted by atomic mass is 9.86. The molecular weight excluding hydrogens is 186 g/mol. The van der Waals surface area contributed by atoms with Gasteiger partial charge in [0.15, 0.2) is 5.41 Å². The molecule has 0 aromatic rings. The standard InChI is InChI=1S/C9H15NO4/c1-13-7(11)9(8(12)14-2)4-3-6(10)5-9/h6H,3-5,10H2,1-2H3/t6-/m0/s1. The van der Waals surface area contributed by atoms with Gasteiger partial charge in [0.1, 0.15) is 0 Å². The van der Waals surface area contributed by atoms with E-state index in [4.69, 9.17) is 5.73 Å². The van der Waals surface area contributed by atoms with Gasteiger partial charge in [0, 0.05) is 6.04 Å². The van der Waals surface area contributed by atoms with Gasteiger partial charge in [-0.15, -0.1) is 0 Å². The van der Waals surface area contributed by atoms with E-state index in [0.717, 1.165) is 0 Å². The summed E-state index contributed by atoms with van der Waals surface area (Å²) in [5.74, 6) is -1.09. The molecule has 0 aromatic carbocycles. The maximum atomic E-state index is 11.5. The molecule has 0 aliphatic heterocycles. The van der Waals surface area contributed by atoms with E-state index >= 15 is 0 Å². The monoisotopic (exact) mass is 201 g/mol. The highest BCUT2D eigenvalue weighted by Gasteiger charge is 2.52. The zero-order valence-corrected chi connectivity index (χ0v) is 8.41. The number of hydrogen-bond donors (Lipinski definition) is 1. The van der Waals surface area contributed by atoms with Gasteiger partial charge in [-0.1, -0.05) is 0 Å². The second-order valence-corrected chi connectivity index (χ2v) is 3.57. The van der Waals surface area contributed by atoms with Crippen molar-refractivity contribution in [1.82, 2.24) is 0 Å². The van der Waals surface area contributed by atoms with E-state index in [2.05, 4.69) is 9.47 Å². The van der Waals surface area contributed by atoms with Gasteiger partial charge in [-0.3, -0.25) is 9.59 Å². The number of hydrogen-bond acceptors (Lipinski definition) is 5. The van der Waals surface area contributed by atoms with Crippen molar-refractivity contribution in [2.75, 3.05) is 14.2 Å². The maximum absolute atomic E-state index is 11.5. The molecule has 0 bridgehead atoms. The summed E-state index contributed by atoms with van der Waals surface area (Å²) in [6.45, 7) is 0. The Morgan fingerprint density at radius 2 is 1.79 bits per heavy atom. The second kappa shape index (κ2) is 3.96. The number of rotatable bonds is 2. The Hall–Kier alpha value is -1.10. The minimum atomic E-state index is -1.16. The molecule has 5 heteroatoms. The lowest BCUT2D eigenvalue weighted by molar-refractivity contribution is -0.168. The van der Waals surface area contributed by atoms with Crippen molar-refractivity contribution in [3.05, 3.63) is 0 Å². The first-order chi connectivity index (χ1) is 6.56. The van der Waals surface area contributed by atoms with Crippen LogP contribution in [0.25, 0.3) is 0 Å². The highest BCUT2D eigenvalue weighted by atomic mass is 16.5. The fourth-order valence-corrected chi connectivity index (χ4v) is 1.93. The third-order valence-electron chi connectivity index (χ3n) is 2.70. The molecular formula is C9H15NO4. The minimum Gasteiger partial charge on any atom is -0.468 e. The van der Waals surface area contributed by atoms with Crippen molar-refractivity contribution in [1.29, 1.82) is 0 Å². The third kappa shape index (κ3) is 1.59. The summed E-state index contributed by atoms with van der Waals surface area (Å²) in [7, 11) is 2.52. The van der Waals surface area contributed by atoms with Gasteiger partial charge in [-0.25, -0.2) is 0 Å². The number of carbonyl (C=O) groups is 2.